The highest BCUT2D eigenvalue weighted by Crippen LogP contribution is 2.75. The molecule has 0 aromatic heterocycles. The lowest BCUT2D eigenvalue weighted by Gasteiger charge is -2.71. The van der Waals surface area contributed by atoms with E-state index < -0.39 is 18.1 Å². The highest BCUT2D eigenvalue weighted by molar-refractivity contribution is 5.79. The second kappa shape index (κ2) is 9.31. The van der Waals surface area contributed by atoms with Gasteiger partial charge in [0, 0.05) is 0 Å². The molecule has 1 unspecified atom stereocenters. The van der Waals surface area contributed by atoms with E-state index in [4.69, 9.17) is 4.74 Å². The summed E-state index contributed by atoms with van der Waals surface area (Å²) in [5, 5.41) is 30.1. The van der Waals surface area contributed by atoms with Crippen LogP contribution in [0.3, 0.4) is 0 Å². The molecule has 0 saturated heterocycles. The van der Waals surface area contributed by atoms with Gasteiger partial charge in [-0.1, -0.05) is 60.1 Å². The molecule has 38 heavy (non-hydrogen) atoms. The Morgan fingerprint density at radius 1 is 1.00 bits per heavy atom. The molecule has 5 nitrogen and oxygen atoms in total. The summed E-state index contributed by atoms with van der Waals surface area (Å²) in [6.07, 6.45) is 10.4. The van der Waals surface area contributed by atoms with E-state index >= 15 is 0 Å². The van der Waals surface area contributed by atoms with E-state index in [1.54, 1.807) is 0 Å². The highest BCUT2D eigenvalue weighted by atomic mass is 16.5. The second-order valence-electron chi connectivity index (χ2n) is 15.6. The number of carbonyl (C=O) groups is 1. The Morgan fingerprint density at radius 3 is 2.39 bits per heavy atom. The number of ether oxygens (including phenoxy) is 1. The first-order chi connectivity index (χ1) is 17.7. The summed E-state index contributed by atoms with van der Waals surface area (Å²) in [5.41, 5.74) is 1.32. The average Bonchev–Trinajstić information content (AvgIpc) is 2.87. The van der Waals surface area contributed by atoms with Crippen LogP contribution < -0.4 is 0 Å². The van der Waals surface area contributed by atoms with Gasteiger partial charge in [-0.3, -0.25) is 4.79 Å². The van der Waals surface area contributed by atoms with Crippen LogP contribution in [0.25, 0.3) is 0 Å². The molecule has 216 valence electrons. The van der Waals surface area contributed by atoms with Gasteiger partial charge in [-0.05, 0) is 109 Å². The Labute approximate surface area is 230 Å². The second-order valence-corrected chi connectivity index (χ2v) is 15.6. The van der Waals surface area contributed by atoms with E-state index in [9.17, 15) is 20.1 Å². The molecule has 5 rings (SSSR count). The molecule has 11 atom stereocenters. The lowest BCUT2D eigenvalue weighted by molar-refractivity contribution is -0.208. The molecule has 0 aromatic carbocycles. The molecule has 5 aliphatic rings. The van der Waals surface area contributed by atoms with Crippen molar-refractivity contribution in [1.82, 2.24) is 0 Å². The van der Waals surface area contributed by atoms with Gasteiger partial charge in [0.25, 0.3) is 0 Å². The molecule has 0 spiro atoms. The number of aliphatic hydroxyl groups excluding tert-OH is 3. The van der Waals surface area contributed by atoms with Crippen molar-refractivity contribution in [2.24, 2.45) is 56.7 Å². The van der Waals surface area contributed by atoms with Crippen LogP contribution >= 0.6 is 0 Å². The quantitative estimate of drug-likeness (QED) is 0.311. The summed E-state index contributed by atoms with van der Waals surface area (Å²) in [6, 6.07) is 0. The third kappa shape index (κ3) is 3.69. The number of hydrogen-bond donors (Lipinski definition) is 3. The zero-order valence-electron chi connectivity index (χ0n) is 25.1. The Kier molecular flexibility index (Phi) is 7.01. The van der Waals surface area contributed by atoms with Gasteiger partial charge < -0.3 is 20.1 Å². The molecule has 4 saturated carbocycles. The first-order valence-electron chi connectivity index (χ1n) is 15.5. The van der Waals surface area contributed by atoms with Crippen LogP contribution in [-0.4, -0.2) is 46.7 Å². The minimum absolute atomic E-state index is 0.0362. The van der Waals surface area contributed by atoms with Crippen molar-refractivity contribution in [2.45, 2.75) is 118 Å². The molecular formula is C33H54O5. The van der Waals surface area contributed by atoms with Crippen LogP contribution in [-0.2, 0) is 9.53 Å². The molecule has 0 aromatic rings. The van der Waals surface area contributed by atoms with E-state index in [0.717, 1.165) is 44.9 Å². The summed E-state index contributed by atoms with van der Waals surface area (Å²) in [6.45, 7) is 16.4. The summed E-state index contributed by atoms with van der Waals surface area (Å²) in [4.78, 5) is 13.8. The molecule has 3 N–H and O–H groups in total. The predicted molar refractivity (Wildman–Crippen MR) is 149 cm³/mol. The monoisotopic (exact) mass is 530 g/mol. The van der Waals surface area contributed by atoms with E-state index in [0.29, 0.717) is 23.7 Å². The first kappa shape index (κ1) is 28.6. The van der Waals surface area contributed by atoms with E-state index in [2.05, 4.69) is 54.5 Å². The number of allylic oxidation sites excluding steroid dienone is 2. The molecule has 0 amide bonds. The lowest BCUT2D eigenvalue weighted by atomic mass is 9.33. The number of rotatable bonds is 4. The molecule has 5 heteroatoms. The third-order valence-corrected chi connectivity index (χ3v) is 14.0. The molecule has 4 fully saturated rings. The lowest BCUT2D eigenvalue weighted by Crippen LogP contribution is -2.65. The van der Waals surface area contributed by atoms with Crippen LogP contribution in [0.1, 0.15) is 106 Å². The molecule has 0 radical (unpaired) electrons. The van der Waals surface area contributed by atoms with Crippen LogP contribution in [0.4, 0.5) is 0 Å². The van der Waals surface area contributed by atoms with Crippen molar-refractivity contribution in [2.75, 3.05) is 13.2 Å². The van der Waals surface area contributed by atoms with Gasteiger partial charge in [-0.15, -0.1) is 0 Å². The van der Waals surface area contributed by atoms with Crippen LogP contribution in [0, 0.1) is 56.7 Å². The van der Waals surface area contributed by atoms with E-state index in [1.165, 1.54) is 18.4 Å². The van der Waals surface area contributed by atoms with Crippen molar-refractivity contribution < 1.29 is 24.9 Å². The maximum atomic E-state index is 13.8. The zero-order chi connectivity index (χ0) is 27.9. The Hall–Kier alpha value is -0.910. The normalized spacial score (nSPS) is 50.4. The molecule has 0 bridgehead atoms. The average molecular weight is 531 g/mol. The van der Waals surface area contributed by atoms with Crippen LogP contribution in [0.5, 0.6) is 0 Å². The third-order valence-electron chi connectivity index (χ3n) is 14.0. The smallest absolute Gasteiger partial charge is 0.312 e. The number of fused-ring (bicyclic) bond motifs is 7. The topological polar surface area (TPSA) is 87.0 Å². The SMILES string of the molecule is C[C@H]1[C@H](C)CC[C@]2(C(=O)OCC(O)CO)CC[C@]3(C)C(=CC[C@@H]4[C@@]5(C)CC[C@H](O)C(C)(C)[C@@H]5CC[C@]43C)[C@H]12. The predicted octanol–water partition coefficient (Wildman–Crippen LogP) is 5.90. The zero-order valence-corrected chi connectivity index (χ0v) is 25.1. The minimum atomic E-state index is -1.02. The van der Waals surface area contributed by atoms with Crippen LogP contribution in [0.2, 0.25) is 0 Å². The molecule has 0 aliphatic heterocycles. The Bertz CT molecular complexity index is 972. The van der Waals surface area contributed by atoms with Crippen molar-refractivity contribution >= 4 is 5.97 Å². The molecule has 5 aliphatic carbocycles. The first-order valence-corrected chi connectivity index (χ1v) is 15.5. The van der Waals surface area contributed by atoms with Gasteiger partial charge in [0.1, 0.15) is 12.7 Å². The van der Waals surface area contributed by atoms with Gasteiger partial charge in [0.05, 0.1) is 18.1 Å². The summed E-state index contributed by atoms with van der Waals surface area (Å²) in [7, 11) is 0. The fourth-order valence-electron chi connectivity index (χ4n) is 11.2. The Morgan fingerprint density at radius 2 is 1.71 bits per heavy atom. The van der Waals surface area contributed by atoms with E-state index in [1.807, 2.05) is 0 Å². The molecule has 0 heterocycles. The van der Waals surface area contributed by atoms with E-state index in [-0.39, 0.29) is 46.3 Å². The number of carbonyl (C=O) groups excluding carboxylic acids is 1. The van der Waals surface area contributed by atoms with Crippen molar-refractivity contribution in [1.29, 1.82) is 0 Å². The largest absolute Gasteiger partial charge is 0.462 e. The maximum absolute atomic E-state index is 13.8. The summed E-state index contributed by atoms with van der Waals surface area (Å²) < 4.78 is 5.74. The number of esters is 1. The fourth-order valence-corrected chi connectivity index (χ4v) is 11.2. The molecular weight excluding hydrogens is 476 g/mol. The van der Waals surface area contributed by atoms with Crippen molar-refractivity contribution in [3.8, 4) is 0 Å². The van der Waals surface area contributed by atoms with Gasteiger partial charge in [-0.25, -0.2) is 0 Å². The number of hydrogen-bond acceptors (Lipinski definition) is 5. The fraction of sp³-hybridized carbons (Fsp3) is 0.909. The maximum Gasteiger partial charge on any atom is 0.312 e. The van der Waals surface area contributed by atoms with Crippen molar-refractivity contribution in [3.05, 3.63) is 11.6 Å². The Balaban J connectivity index is 1.55. The summed E-state index contributed by atoms with van der Waals surface area (Å²) in [5.74, 6) is 2.04. The van der Waals surface area contributed by atoms with Gasteiger partial charge >= 0.3 is 5.97 Å². The van der Waals surface area contributed by atoms with Gasteiger partial charge in [0.2, 0.25) is 0 Å². The van der Waals surface area contributed by atoms with Gasteiger partial charge in [0.15, 0.2) is 0 Å². The minimum Gasteiger partial charge on any atom is -0.462 e. The van der Waals surface area contributed by atoms with Crippen LogP contribution in [0.15, 0.2) is 11.6 Å². The standard InChI is InChI=1S/C33H54O5/c1-20-10-15-33(28(37)38-19-22(35)18-34)17-16-31(6)23(27(33)21(20)2)8-9-25-30(5)13-12-26(36)29(3,4)24(30)11-14-32(25,31)7/h8,20-22,24-27,34-36H,9-19H2,1-7H3/t20-,21+,22?,24+,25-,26+,27+,30+,31-,32-,33+/m1/s1. The number of aliphatic hydroxyl groups is 3. The highest BCUT2D eigenvalue weighted by Gasteiger charge is 2.69. The summed E-state index contributed by atoms with van der Waals surface area (Å²) >= 11 is 0. The van der Waals surface area contributed by atoms with Gasteiger partial charge in [-0.2, -0.15) is 0 Å². The van der Waals surface area contributed by atoms with Crippen molar-refractivity contribution in [3.63, 3.8) is 0 Å².